The molecule has 5 nitrogen and oxygen atoms in total. The van der Waals surface area contributed by atoms with Crippen molar-refractivity contribution in [3.63, 3.8) is 0 Å². The Balaban J connectivity index is 2.24. The normalized spacial score (nSPS) is 10.2. The molecule has 5 heteroatoms. The molecule has 0 aliphatic rings. The van der Waals surface area contributed by atoms with Gasteiger partial charge in [-0.15, -0.1) is 0 Å². The van der Waals surface area contributed by atoms with Crippen LogP contribution in [0.5, 0.6) is 0 Å². The number of hydrogen-bond acceptors (Lipinski definition) is 4. The highest BCUT2D eigenvalue weighted by atomic mass is 16.6. The maximum absolute atomic E-state index is 11.4. The van der Waals surface area contributed by atoms with Crippen LogP contribution in [0.3, 0.4) is 0 Å². The third-order valence-electron chi connectivity index (χ3n) is 3.55. The van der Waals surface area contributed by atoms with Gasteiger partial charge in [-0.2, -0.15) is 0 Å². The molecular formula is C19H15N3O2. The minimum Gasteiger partial charge on any atom is -0.289 e. The Morgan fingerprint density at radius 1 is 1.00 bits per heavy atom. The van der Waals surface area contributed by atoms with Gasteiger partial charge in [0.15, 0.2) is 0 Å². The van der Waals surface area contributed by atoms with E-state index in [4.69, 9.17) is 0 Å². The zero-order chi connectivity index (χ0) is 16.9. The molecular weight excluding hydrogens is 302 g/mol. The average Bonchev–Trinajstić information content (AvgIpc) is 2.63. The maximum atomic E-state index is 11.4. The summed E-state index contributed by atoms with van der Waals surface area (Å²) in [6.45, 7) is 3.78. The van der Waals surface area contributed by atoms with E-state index in [0.29, 0.717) is 0 Å². The van der Waals surface area contributed by atoms with Gasteiger partial charge < -0.3 is 0 Å². The number of hydrogen-bond donors (Lipinski definition) is 0. The molecule has 0 saturated carbocycles. The summed E-state index contributed by atoms with van der Waals surface area (Å²) >= 11 is 0. The largest absolute Gasteiger partial charge is 0.312 e. The van der Waals surface area contributed by atoms with Crippen molar-refractivity contribution in [2.45, 2.75) is 0 Å². The summed E-state index contributed by atoms with van der Waals surface area (Å²) in [6, 6.07) is 20.1. The van der Waals surface area contributed by atoms with E-state index in [1.165, 1.54) is 6.07 Å². The summed E-state index contributed by atoms with van der Waals surface area (Å²) in [5.74, 6) is 0.273. The molecule has 0 saturated heterocycles. The summed E-state index contributed by atoms with van der Waals surface area (Å²) in [7, 11) is 0. The fourth-order valence-corrected chi connectivity index (χ4v) is 2.46. The molecule has 24 heavy (non-hydrogen) atoms. The van der Waals surface area contributed by atoms with E-state index >= 15 is 0 Å². The lowest BCUT2D eigenvalue weighted by molar-refractivity contribution is -0.384. The lowest BCUT2D eigenvalue weighted by atomic mass is 10.1. The number of para-hydroxylation sites is 1. The maximum Gasteiger partial charge on any atom is 0.312 e. The number of nitro groups is 1. The Morgan fingerprint density at radius 2 is 1.75 bits per heavy atom. The van der Waals surface area contributed by atoms with Crippen molar-refractivity contribution < 1.29 is 4.92 Å². The van der Waals surface area contributed by atoms with Crippen molar-refractivity contribution in [2.24, 2.45) is 0 Å². The molecule has 0 bridgehead atoms. The van der Waals surface area contributed by atoms with Crippen molar-refractivity contribution in [1.29, 1.82) is 0 Å². The molecule has 0 aliphatic heterocycles. The van der Waals surface area contributed by atoms with Crippen LogP contribution < -0.4 is 4.90 Å². The van der Waals surface area contributed by atoms with Gasteiger partial charge in [-0.3, -0.25) is 15.0 Å². The SMILES string of the molecule is C=Cc1cccc(N(c2ccccc2)c2ncccc2[N+](=O)[O-])c1. The third kappa shape index (κ3) is 3.01. The van der Waals surface area contributed by atoms with E-state index in [1.807, 2.05) is 54.6 Å². The first kappa shape index (κ1) is 15.4. The van der Waals surface area contributed by atoms with Gasteiger partial charge in [0.1, 0.15) is 0 Å². The minimum absolute atomic E-state index is 0.0506. The van der Waals surface area contributed by atoms with Crippen LogP contribution in [-0.4, -0.2) is 9.91 Å². The number of rotatable bonds is 5. The predicted molar refractivity (Wildman–Crippen MR) is 95.7 cm³/mol. The Bertz CT molecular complexity index is 879. The molecule has 0 aliphatic carbocycles. The molecule has 0 spiro atoms. The zero-order valence-corrected chi connectivity index (χ0v) is 12.9. The molecule has 0 atom stereocenters. The van der Waals surface area contributed by atoms with E-state index < -0.39 is 4.92 Å². The van der Waals surface area contributed by atoms with Gasteiger partial charge in [0.25, 0.3) is 0 Å². The molecule has 0 fully saturated rings. The predicted octanol–water partition coefficient (Wildman–Crippen LogP) is 5.10. The molecule has 3 aromatic rings. The molecule has 118 valence electrons. The fraction of sp³-hybridized carbons (Fsp3) is 0. The topological polar surface area (TPSA) is 59.3 Å². The average molecular weight is 317 g/mol. The second kappa shape index (κ2) is 6.75. The summed E-state index contributed by atoms with van der Waals surface area (Å²) in [6.07, 6.45) is 3.29. The summed E-state index contributed by atoms with van der Waals surface area (Å²) < 4.78 is 0. The molecule has 0 radical (unpaired) electrons. The lowest BCUT2D eigenvalue weighted by Gasteiger charge is -2.24. The van der Waals surface area contributed by atoms with Crippen LogP contribution in [0.15, 0.2) is 79.5 Å². The number of anilines is 3. The minimum atomic E-state index is -0.421. The molecule has 0 N–H and O–H groups in total. The van der Waals surface area contributed by atoms with Crippen LogP contribution in [0.2, 0.25) is 0 Å². The van der Waals surface area contributed by atoms with E-state index in [2.05, 4.69) is 11.6 Å². The standard InChI is InChI=1S/C19H15N3O2/c1-2-15-8-6-11-17(14-15)21(16-9-4-3-5-10-16)19-18(22(23)24)12-7-13-20-19/h2-14H,1H2. The Hall–Kier alpha value is -3.47. The lowest BCUT2D eigenvalue weighted by Crippen LogP contribution is -2.13. The van der Waals surface area contributed by atoms with Crippen LogP contribution in [-0.2, 0) is 0 Å². The number of benzene rings is 2. The quantitative estimate of drug-likeness (QED) is 0.485. The van der Waals surface area contributed by atoms with E-state index in [0.717, 1.165) is 16.9 Å². The summed E-state index contributed by atoms with van der Waals surface area (Å²) in [5.41, 5.74) is 2.44. The van der Waals surface area contributed by atoms with Crippen molar-refractivity contribution in [3.05, 3.63) is 95.2 Å². The summed E-state index contributed by atoms with van der Waals surface area (Å²) in [4.78, 5) is 17.0. The van der Waals surface area contributed by atoms with Crippen LogP contribution in [0.25, 0.3) is 6.08 Å². The van der Waals surface area contributed by atoms with Crippen LogP contribution >= 0.6 is 0 Å². The van der Waals surface area contributed by atoms with Gasteiger partial charge in [-0.1, -0.05) is 43.0 Å². The zero-order valence-electron chi connectivity index (χ0n) is 12.9. The molecule has 0 unspecified atom stereocenters. The number of nitrogens with zero attached hydrogens (tertiary/aromatic N) is 3. The smallest absolute Gasteiger partial charge is 0.289 e. The van der Waals surface area contributed by atoms with E-state index in [9.17, 15) is 10.1 Å². The van der Waals surface area contributed by atoms with Gasteiger partial charge >= 0.3 is 5.69 Å². The van der Waals surface area contributed by atoms with Gasteiger partial charge in [-0.25, -0.2) is 4.98 Å². The fourth-order valence-electron chi connectivity index (χ4n) is 2.46. The molecule has 2 aromatic carbocycles. The van der Waals surface area contributed by atoms with Gasteiger partial charge in [0.05, 0.1) is 4.92 Å². The highest BCUT2D eigenvalue weighted by Crippen LogP contribution is 2.38. The molecule has 3 rings (SSSR count). The van der Waals surface area contributed by atoms with Gasteiger partial charge in [-0.05, 0) is 35.9 Å². The summed E-state index contributed by atoms with van der Waals surface area (Å²) in [5, 5.41) is 11.4. The van der Waals surface area contributed by atoms with Crippen LogP contribution in [0.4, 0.5) is 22.9 Å². The molecule has 1 aromatic heterocycles. The van der Waals surface area contributed by atoms with Crippen LogP contribution in [0.1, 0.15) is 5.56 Å². The van der Waals surface area contributed by atoms with E-state index in [1.54, 1.807) is 23.2 Å². The molecule has 1 heterocycles. The van der Waals surface area contributed by atoms with Gasteiger partial charge in [0, 0.05) is 23.6 Å². The second-order valence-corrected chi connectivity index (χ2v) is 5.07. The van der Waals surface area contributed by atoms with Crippen molar-refractivity contribution in [2.75, 3.05) is 4.90 Å². The first-order chi connectivity index (χ1) is 11.7. The van der Waals surface area contributed by atoms with Crippen LogP contribution in [0, 0.1) is 10.1 Å². The van der Waals surface area contributed by atoms with E-state index in [-0.39, 0.29) is 11.5 Å². The highest BCUT2D eigenvalue weighted by Gasteiger charge is 2.23. The third-order valence-corrected chi connectivity index (χ3v) is 3.55. The molecule has 0 amide bonds. The van der Waals surface area contributed by atoms with Gasteiger partial charge in [0.2, 0.25) is 5.82 Å². The number of aromatic nitrogens is 1. The highest BCUT2D eigenvalue weighted by molar-refractivity contribution is 5.80. The van der Waals surface area contributed by atoms with Crippen molar-refractivity contribution in [3.8, 4) is 0 Å². The Morgan fingerprint density at radius 3 is 2.46 bits per heavy atom. The monoisotopic (exact) mass is 317 g/mol. The number of pyridine rings is 1. The Labute approximate surface area is 139 Å². The second-order valence-electron chi connectivity index (χ2n) is 5.07. The first-order valence-electron chi connectivity index (χ1n) is 7.38. The van der Waals surface area contributed by atoms with Crippen molar-refractivity contribution in [1.82, 2.24) is 4.98 Å². The Kier molecular flexibility index (Phi) is 4.34. The first-order valence-corrected chi connectivity index (χ1v) is 7.38. The van der Waals surface area contributed by atoms with Crippen molar-refractivity contribution >= 4 is 29.0 Å².